The largest absolute Gasteiger partial charge is 0.444 e. The Morgan fingerprint density at radius 1 is 1.14 bits per heavy atom. The quantitative estimate of drug-likeness (QED) is 0.559. The Bertz CT molecular complexity index is 1290. The van der Waals surface area contributed by atoms with Gasteiger partial charge in [0, 0.05) is 44.0 Å². The van der Waals surface area contributed by atoms with E-state index in [1.807, 2.05) is 62.4 Å². The molecule has 0 bridgehead atoms. The van der Waals surface area contributed by atoms with Crippen molar-refractivity contribution in [2.24, 2.45) is 5.92 Å². The Morgan fingerprint density at radius 3 is 2.53 bits per heavy atom. The van der Waals surface area contributed by atoms with Gasteiger partial charge in [-0.15, -0.1) is 0 Å². The number of nitrogens with one attached hydrogen (secondary N) is 1. The Labute approximate surface area is 210 Å². The van der Waals surface area contributed by atoms with Gasteiger partial charge in [-0.1, -0.05) is 0 Å². The predicted octanol–water partition coefficient (Wildman–Crippen LogP) is 3.83. The third-order valence-corrected chi connectivity index (χ3v) is 6.34. The Kier molecular flexibility index (Phi) is 6.05. The molecule has 2 amide bonds. The molecule has 10 heteroatoms. The van der Waals surface area contributed by atoms with Crippen molar-refractivity contribution in [3.63, 3.8) is 0 Å². The summed E-state index contributed by atoms with van der Waals surface area (Å²) >= 11 is 0. The van der Waals surface area contributed by atoms with Gasteiger partial charge in [0.05, 0.1) is 23.8 Å². The van der Waals surface area contributed by atoms with Crippen LogP contribution in [0.5, 0.6) is 0 Å². The SMILES string of the molecule is Cc1cn2cc(NC(=O)c3cnc(N4CC(CN(C(=O)OC(C)(C)C)C5CC5)C4)cn3)cc(C)c2n1. The molecule has 190 valence electrons. The van der Waals surface area contributed by atoms with Gasteiger partial charge in [0.15, 0.2) is 0 Å². The number of carbonyl (C=O) groups is 2. The lowest BCUT2D eigenvalue weighted by Crippen LogP contribution is -2.53. The maximum Gasteiger partial charge on any atom is 0.410 e. The van der Waals surface area contributed by atoms with E-state index >= 15 is 0 Å². The van der Waals surface area contributed by atoms with E-state index in [2.05, 4.69) is 25.2 Å². The summed E-state index contributed by atoms with van der Waals surface area (Å²) in [6.45, 7) is 11.8. The van der Waals surface area contributed by atoms with Crippen LogP contribution in [0.25, 0.3) is 5.65 Å². The number of aromatic nitrogens is 4. The first-order chi connectivity index (χ1) is 17.1. The molecule has 5 rings (SSSR count). The molecular weight excluding hydrogens is 458 g/mol. The van der Waals surface area contributed by atoms with Gasteiger partial charge in [-0.3, -0.25) is 4.79 Å². The van der Waals surface area contributed by atoms with Gasteiger partial charge in [0.1, 0.15) is 22.8 Å². The molecule has 3 aromatic heterocycles. The van der Waals surface area contributed by atoms with E-state index in [0.717, 1.165) is 48.7 Å². The number of nitrogens with zero attached hydrogens (tertiary/aromatic N) is 6. The summed E-state index contributed by atoms with van der Waals surface area (Å²) in [6, 6.07) is 2.19. The van der Waals surface area contributed by atoms with E-state index in [9.17, 15) is 9.59 Å². The maximum absolute atomic E-state index is 12.7. The van der Waals surface area contributed by atoms with Crippen LogP contribution in [-0.4, -0.2) is 67.5 Å². The number of aryl methyl sites for hydroxylation is 2. The normalized spacial score (nSPS) is 16.1. The second-order valence-electron chi connectivity index (χ2n) is 10.9. The first-order valence-corrected chi connectivity index (χ1v) is 12.4. The molecule has 0 atom stereocenters. The minimum absolute atomic E-state index is 0.226. The monoisotopic (exact) mass is 491 g/mol. The third kappa shape index (κ3) is 5.27. The van der Waals surface area contributed by atoms with Gasteiger partial charge >= 0.3 is 6.09 Å². The summed E-state index contributed by atoms with van der Waals surface area (Å²) in [6.07, 6.45) is 8.75. The Hall–Kier alpha value is -3.69. The van der Waals surface area contributed by atoms with E-state index in [1.54, 1.807) is 6.20 Å². The Morgan fingerprint density at radius 2 is 1.89 bits per heavy atom. The van der Waals surface area contributed by atoms with Gasteiger partial charge in [-0.25, -0.2) is 19.7 Å². The average molecular weight is 492 g/mol. The van der Waals surface area contributed by atoms with Gasteiger partial charge in [-0.2, -0.15) is 0 Å². The van der Waals surface area contributed by atoms with Crippen LogP contribution in [0.2, 0.25) is 0 Å². The number of imidazole rings is 1. The number of pyridine rings is 1. The standard InChI is InChI=1S/C26H33N7O3/c1-16-8-19(15-32-11-17(2)29-23(16)32)30-24(34)21-9-28-22(10-27-21)31-12-18(13-31)14-33(20-6-7-20)25(35)36-26(3,4)5/h8-11,15,18,20H,6-7,12-14H2,1-5H3,(H,30,34). The highest BCUT2D eigenvalue weighted by molar-refractivity contribution is 6.02. The molecule has 10 nitrogen and oxygen atoms in total. The number of ether oxygens (including phenoxy) is 1. The molecular formula is C26H33N7O3. The van der Waals surface area contributed by atoms with Crippen LogP contribution in [0.3, 0.4) is 0 Å². The summed E-state index contributed by atoms with van der Waals surface area (Å²) in [7, 11) is 0. The lowest BCUT2D eigenvalue weighted by Gasteiger charge is -2.42. The topological polar surface area (TPSA) is 105 Å². The fourth-order valence-corrected chi connectivity index (χ4v) is 4.49. The zero-order chi connectivity index (χ0) is 25.6. The minimum atomic E-state index is -0.496. The molecule has 4 heterocycles. The van der Waals surface area contributed by atoms with E-state index < -0.39 is 5.60 Å². The predicted molar refractivity (Wildman–Crippen MR) is 136 cm³/mol. The fraction of sp³-hybridized carbons (Fsp3) is 0.500. The number of hydrogen-bond acceptors (Lipinski definition) is 7. The number of fused-ring (bicyclic) bond motifs is 1. The summed E-state index contributed by atoms with van der Waals surface area (Å²) in [4.78, 5) is 42.6. The van der Waals surface area contributed by atoms with E-state index in [4.69, 9.17) is 4.74 Å². The summed E-state index contributed by atoms with van der Waals surface area (Å²) in [5.74, 6) is 0.764. The van der Waals surface area contributed by atoms with E-state index in [-0.39, 0.29) is 17.7 Å². The third-order valence-electron chi connectivity index (χ3n) is 6.34. The van der Waals surface area contributed by atoms with Crippen LogP contribution in [-0.2, 0) is 4.74 Å². The highest BCUT2D eigenvalue weighted by atomic mass is 16.6. The number of rotatable bonds is 6. The lowest BCUT2D eigenvalue weighted by atomic mass is 9.99. The highest BCUT2D eigenvalue weighted by Gasteiger charge is 2.39. The molecule has 1 saturated carbocycles. The van der Waals surface area contributed by atoms with Crippen molar-refractivity contribution >= 4 is 29.2 Å². The maximum atomic E-state index is 12.7. The van der Waals surface area contributed by atoms with Crippen molar-refractivity contribution in [3.05, 3.63) is 47.8 Å². The van der Waals surface area contributed by atoms with Gasteiger partial charge in [0.2, 0.25) is 0 Å². The molecule has 1 N–H and O–H groups in total. The second-order valence-corrected chi connectivity index (χ2v) is 10.9. The Balaban J connectivity index is 1.16. The number of hydrogen-bond donors (Lipinski definition) is 1. The van der Waals surface area contributed by atoms with Crippen LogP contribution >= 0.6 is 0 Å². The van der Waals surface area contributed by atoms with Crippen molar-refractivity contribution < 1.29 is 14.3 Å². The van der Waals surface area contributed by atoms with Gasteiger partial charge < -0.3 is 24.3 Å². The molecule has 2 fully saturated rings. The first-order valence-electron chi connectivity index (χ1n) is 12.4. The van der Waals surface area contributed by atoms with Crippen molar-refractivity contribution in [1.82, 2.24) is 24.3 Å². The first kappa shape index (κ1) is 24.0. The minimum Gasteiger partial charge on any atom is -0.444 e. The molecule has 1 aliphatic carbocycles. The van der Waals surface area contributed by atoms with Gasteiger partial charge in [-0.05, 0) is 59.1 Å². The molecule has 0 aromatic carbocycles. The molecule has 1 aliphatic heterocycles. The van der Waals surface area contributed by atoms with Crippen molar-refractivity contribution in [3.8, 4) is 0 Å². The molecule has 36 heavy (non-hydrogen) atoms. The molecule has 0 spiro atoms. The van der Waals surface area contributed by atoms with E-state index in [0.29, 0.717) is 24.2 Å². The molecule has 3 aromatic rings. The zero-order valence-corrected chi connectivity index (χ0v) is 21.5. The van der Waals surface area contributed by atoms with Crippen LogP contribution in [0.1, 0.15) is 55.4 Å². The van der Waals surface area contributed by atoms with Crippen molar-refractivity contribution in [2.45, 2.75) is 59.1 Å². The van der Waals surface area contributed by atoms with Crippen LogP contribution in [0, 0.1) is 19.8 Å². The van der Waals surface area contributed by atoms with Crippen LogP contribution < -0.4 is 10.2 Å². The number of carbonyl (C=O) groups excluding carboxylic acids is 2. The smallest absolute Gasteiger partial charge is 0.410 e. The van der Waals surface area contributed by atoms with Crippen molar-refractivity contribution in [1.29, 1.82) is 0 Å². The second kappa shape index (κ2) is 9.07. The summed E-state index contributed by atoms with van der Waals surface area (Å²) < 4.78 is 7.50. The number of amides is 2. The molecule has 0 unspecified atom stereocenters. The molecule has 0 radical (unpaired) electrons. The van der Waals surface area contributed by atoms with Crippen LogP contribution in [0.15, 0.2) is 30.9 Å². The zero-order valence-electron chi connectivity index (χ0n) is 21.5. The van der Waals surface area contributed by atoms with E-state index in [1.165, 1.54) is 6.20 Å². The highest BCUT2D eigenvalue weighted by Crippen LogP contribution is 2.31. The summed E-state index contributed by atoms with van der Waals surface area (Å²) in [5.41, 5.74) is 3.19. The summed E-state index contributed by atoms with van der Waals surface area (Å²) in [5, 5.41) is 2.90. The van der Waals surface area contributed by atoms with Crippen LogP contribution in [0.4, 0.5) is 16.3 Å². The fourth-order valence-electron chi connectivity index (χ4n) is 4.49. The molecule has 1 saturated heterocycles. The molecule has 2 aliphatic rings. The average Bonchev–Trinajstić information content (AvgIpc) is 3.52. The van der Waals surface area contributed by atoms with Crippen molar-refractivity contribution in [2.75, 3.05) is 29.9 Å². The lowest BCUT2D eigenvalue weighted by molar-refractivity contribution is 0.0193. The number of anilines is 2. The van der Waals surface area contributed by atoms with Gasteiger partial charge in [0.25, 0.3) is 5.91 Å².